The molecule has 10 heteroatoms. The van der Waals surface area contributed by atoms with Gasteiger partial charge in [-0.25, -0.2) is 19.1 Å². The van der Waals surface area contributed by atoms with Gasteiger partial charge in [0, 0.05) is 17.4 Å². The predicted molar refractivity (Wildman–Crippen MR) is 146 cm³/mol. The fraction of sp³-hybridized carbons (Fsp3) is 0.276. The molecule has 1 aliphatic carbocycles. The summed E-state index contributed by atoms with van der Waals surface area (Å²) in [4.78, 5) is 47.3. The molecule has 1 aliphatic rings. The molecular formula is C29H29N5O5. The lowest BCUT2D eigenvalue weighted by Crippen LogP contribution is -2.50. The number of carboxylic acid groups (broad SMARTS) is 1. The Hall–Kier alpha value is -4.73. The van der Waals surface area contributed by atoms with Crippen molar-refractivity contribution in [1.29, 1.82) is 0 Å². The van der Waals surface area contributed by atoms with Crippen molar-refractivity contribution < 1.29 is 14.6 Å². The van der Waals surface area contributed by atoms with Crippen molar-refractivity contribution in [1.82, 2.24) is 19.1 Å². The summed E-state index contributed by atoms with van der Waals surface area (Å²) in [7, 11) is 0. The van der Waals surface area contributed by atoms with Crippen molar-refractivity contribution in [3.05, 3.63) is 105 Å². The number of hydrogen-bond acceptors (Lipinski definition) is 7. The molecule has 4 aromatic rings. The zero-order valence-corrected chi connectivity index (χ0v) is 21.9. The van der Waals surface area contributed by atoms with Crippen molar-refractivity contribution in [2.75, 3.05) is 5.32 Å². The van der Waals surface area contributed by atoms with Crippen LogP contribution in [0.1, 0.15) is 36.6 Å². The highest BCUT2D eigenvalue weighted by atomic mass is 16.5. The van der Waals surface area contributed by atoms with Crippen LogP contribution in [-0.4, -0.2) is 30.2 Å². The van der Waals surface area contributed by atoms with Crippen LogP contribution in [0.4, 0.5) is 11.6 Å². The Morgan fingerprint density at radius 3 is 2.33 bits per heavy atom. The van der Waals surface area contributed by atoms with Gasteiger partial charge < -0.3 is 15.2 Å². The number of rotatable bonds is 9. The Morgan fingerprint density at radius 1 is 1.03 bits per heavy atom. The van der Waals surface area contributed by atoms with Gasteiger partial charge in [-0.3, -0.25) is 9.36 Å². The molecule has 0 unspecified atom stereocenters. The molecule has 2 aromatic heterocycles. The van der Waals surface area contributed by atoms with E-state index < -0.39 is 28.8 Å². The van der Waals surface area contributed by atoms with Gasteiger partial charge in [-0.15, -0.1) is 0 Å². The normalized spacial score (nSPS) is 14.4. The third-order valence-corrected chi connectivity index (χ3v) is 7.11. The number of nitrogens with zero attached hydrogens (tertiary/aromatic N) is 4. The Labute approximate surface area is 224 Å². The van der Waals surface area contributed by atoms with E-state index in [1.54, 1.807) is 30.3 Å². The van der Waals surface area contributed by atoms with Crippen LogP contribution in [0.15, 0.2) is 76.3 Å². The van der Waals surface area contributed by atoms with Crippen LogP contribution in [0.2, 0.25) is 0 Å². The maximum atomic E-state index is 13.8. The largest absolute Gasteiger partial charge is 0.481 e. The second kappa shape index (κ2) is 10.2. The smallest absolute Gasteiger partial charge is 0.355 e. The first-order valence-electron chi connectivity index (χ1n) is 12.7. The molecule has 2 N–H and O–H groups in total. The first-order chi connectivity index (χ1) is 18.7. The van der Waals surface area contributed by atoms with Crippen LogP contribution in [0.25, 0.3) is 0 Å². The van der Waals surface area contributed by atoms with Crippen molar-refractivity contribution >= 4 is 17.6 Å². The van der Waals surface area contributed by atoms with Crippen LogP contribution < -0.4 is 21.4 Å². The summed E-state index contributed by atoms with van der Waals surface area (Å²) in [5.41, 5.74) is 0.868. The van der Waals surface area contributed by atoms with Gasteiger partial charge in [0.25, 0.3) is 0 Å². The van der Waals surface area contributed by atoms with E-state index in [2.05, 4.69) is 15.3 Å². The zero-order chi connectivity index (χ0) is 27.7. The highest BCUT2D eigenvalue weighted by Gasteiger charge is 2.54. The summed E-state index contributed by atoms with van der Waals surface area (Å²) in [5, 5.41) is 12.7. The Morgan fingerprint density at radius 2 is 1.72 bits per heavy atom. The molecule has 200 valence electrons. The molecule has 39 heavy (non-hydrogen) atoms. The van der Waals surface area contributed by atoms with E-state index in [1.165, 1.54) is 11.5 Å². The van der Waals surface area contributed by atoms with Crippen molar-refractivity contribution in [2.24, 2.45) is 5.92 Å². The van der Waals surface area contributed by atoms with Gasteiger partial charge in [-0.1, -0.05) is 35.9 Å². The maximum Gasteiger partial charge on any atom is 0.355 e. The monoisotopic (exact) mass is 527 g/mol. The number of aromatic nitrogens is 4. The van der Waals surface area contributed by atoms with Crippen molar-refractivity contribution in [2.45, 2.75) is 45.7 Å². The fourth-order valence-corrected chi connectivity index (χ4v) is 4.63. The highest BCUT2D eigenvalue weighted by Crippen LogP contribution is 2.48. The third-order valence-electron chi connectivity index (χ3n) is 7.11. The quantitative estimate of drug-likeness (QED) is 0.331. The Kier molecular flexibility index (Phi) is 6.78. The van der Waals surface area contributed by atoms with E-state index >= 15 is 0 Å². The van der Waals surface area contributed by atoms with Crippen LogP contribution in [0, 0.1) is 19.8 Å². The molecule has 0 aliphatic heterocycles. The molecule has 2 aromatic carbocycles. The van der Waals surface area contributed by atoms with Crippen LogP contribution in [0.3, 0.4) is 0 Å². The lowest BCUT2D eigenvalue weighted by Gasteiger charge is -2.23. The van der Waals surface area contributed by atoms with Crippen LogP contribution in [0.5, 0.6) is 11.6 Å². The molecule has 0 saturated heterocycles. The van der Waals surface area contributed by atoms with Gasteiger partial charge in [0.2, 0.25) is 11.8 Å². The number of aliphatic carboxylic acids is 1. The lowest BCUT2D eigenvalue weighted by atomic mass is 9.99. The van der Waals surface area contributed by atoms with Crippen LogP contribution in [-0.2, 0) is 16.9 Å². The van der Waals surface area contributed by atoms with E-state index in [9.17, 15) is 19.5 Å². The molecule has 0 radical (unpaired) electrons. The SMILES string of the molecule is Cc1ccc(Cn2c(Nc3ccc(Oc4cccc(C)n4)cc3)nc(=O)n(C3([C@@H](C)C(=O)O)CC3)c2=O)cc1. The number of aryl methyl sites for hydroxylation is 2. The molecule has 0 amide bonds. The minimum atomic E-state index is -1.08. The lowest BCUT2D eigenvalue weighted by molar-refractivity contribution is -0.143. The first kappa shape index (κ1) is 25.9. The number of hydrogen-bond donors (Lipinski definition) is 2. The molecule has 1 saturated carbocycles. The second-order valence-corrected chi connectivity index (χ2v) is 9.94. The number of benzene rings is 2. The standard InChI is InChI=1S/C29H29N5O5/c1-18-7-9-21(10-8-18)17-33-26(32-27(37)34(28(33)38)29(15-16-29)20(3)25(35)36)31-22-11-13-23(14-12-22)39-24-6-4-5-19(2)30-24/h4-14,20H,15-17H2,1-3H3,(H,35,36)(H,31,32,37)/t20-/m0/s1. The summed E-state index contributed by atoms with van der Waals surface area (Å²) in [6, 6.07) is 20.1. The van der Waals surface area contributed by atoms with Gasteiger partial charge in [-0.05, 0) is 69.5 Å². The summed E-state index contributed by atoms with van der Waals surface area (Å²) >= 11 is 0. The number of pyridine rings is 1. The summed E-state index contributed by atoms with van der Waals surface area (Å²) < 4.78 is 8.21. The fourth-order valence-electron chi connectivity index (χ4n) is 4.63. The molecule has 1 fully saturated rings. The minimum Gasteiger partial charge on any atom is -0.481 e. The predicted octanol–water partition coefficient (Wildman–Crippen LogP) is 4.21. The van der Waals surface area contributed by atoms with Crippen molar-refractivity contribution in [3.8, 4) is 11.6 Å². The molecule has 2 heterocycles. The summed E-state index contributed by atoms with van der Waals surface area (Å²) in [6.45, 7) is 5.52. The Bertz CT molecular complexity index is 1640. The Balaban J connectivity index is 1.50. The molecule has 0 bridgehead atoms. The van der Waals surface area contributed by atoms with Gasteiger partial charge in [0.1, 0.15) is 5.75 Å². The molecule has 1 atom stereocenters. The molecular weight excluding hydrogens is 498 g/mol. The molecule has 5 rings (SSSR count). The number of ether oxygens (including phenoxy) is 1. The van der Waals surface area contributed by atoms with E-state index in [0.29, 0.717) is 30.2 Å². The van der Waals surface area contributed by atoms with E-state index in [4.69, 9.17) is 4.74 Å². The average molecular weight is 528 g/mol. The topological polar surface area (TPSA) is 128 Å². The van der Waals surface area contributed by atoms with Gasteiger partial charge >= 0.3 is 17.3 Å². The van der Waals surface area contributed by atoms with Crippen molar-refractivity contribution in [3.63, 3.8) is 0 Å². The van der Waals surface area contributed by atoms with E-state index in [1.807, 2.05) is 50.2 Å². The first-order valence-corrected chi connectivity index (χ1v) is 12.7. The van der Waals surface area contributed by atoms with E-state index in [0.717, 1.165) is 21.4 Å². The molecule has 10 nitrogen and oxygen atoms in total. The second-order valence-electron chi connectivity index (χ2n) is 9.94. The van der Waals surface area contributed by atoms with Gasteiger partial charge in [0.15, 0.2) is 0 Å². The van der Waals surface area contributed by atoms with Gasteiger partial charge in [0.05, 0.1) is 18.0 Å². The van der Waals surface area contributed by atoms with E-state index in [-0.39, 0.29) is 12.5 Å². The number of carboxylic acids is 1. The zero-order valence-electron chi connectivity index (χ0n) is 21.9. The third kappa shape index (κ3) is 5.31. The summed E-state index contributed by atoms with van der Waals surface area (Å²) in [6.07, 6.45) is 0.845. The number of carbonyl (C=O) groups is 1. The number of anilines is 2. The number of nitrogens with one attached hydrogen (secondary N) is 1. The van der Waals surface area contributed by atoms with Crippen LogP contribution >= 0.6 is 0 Å². The minimum absolute atomic E-state index is 0.0645. The highest BCUT2D eigenvalue weighted by molar-refractivity contribution is 5.71. The van der Waals surface area contributed by atoms with Gasteiger partial charge in [-0.2, -0.15) is 4.98 Å². The average Bonchev–Trinajstić information content (AvgIpc) is 3.69. The summed E-state index contributed by atoms with van der Waals surface area (Å²) in [5.74, 6) is -0.870. The molecule has 0 spiro atoms. The maximum absolute atomic E-state index is 13.8.